The summed E-state index contributed by atoms with van der Waals surface area (Å²) >= 11 is 3.45. The number of hydrogen-bond donors (Lipinski definition) is 0. The first-order valence-corrected chi connectivity index (χ1v) is 7.69. The molecule has 1 aliphatic heterocycles. The van der Waals surface area contributed by atoms with Crippen molar-refractivity contribution in [3.8, 4) is 0 Å². The summed E-state index contributed by atoms with van der Waals surface area (Å²) in [5, 5.41) is 4.39. The van der Waals surface area contributed by atoms with Crippen LogP contribution in [0.4, 0.5) is 0 Å². The fourth-order valence-corrected chi connectivity index (χ4v) is 2.98. The fourth-order valence-electron chi connectivity index (χ4n) is 2.68. The Bertz CT molecular complexity index is 574. The summed E-state index contributed by atoms with van der Waals surface area (Å²) in [7, 11) is 0. The van der Waals surface area contributed by atoms with Crippen molar-refractivity contribution in [3.05, 3.63) is 40.6 Å². The minimum absolute atomic E-state index is 0.518. The van der Waals surface area contributed by atoms with Gasteiger partial charge in [-0.25, -0.2) is 9.97 Å². The number of aryl methyl sites for hydroxylation is 1. The molecule has 3 rings (SSSR count). The number of aromatic nitrogens is 4. The van der Waals surface area contributed by atoms with Gasteiger partial charge in [-0.15, -0.1) is 0 Å². The summed E-state index contributed by atoms with van der Waals surface area (Å²) in [4.78, 5) is 10.9. The SMILES string of the molecule is Cc1cc(CN2CCC(n3cc(Br)cn3)CC2)ncn1. The zero-order valence-electron chi connectivity index (χ0n) is 11.5. The molecule has 0 aliphatic carbocycles. The number of halogens is 1. The van der Waals surface area contributed by atoms with Gasteiger partial charge in [0.15, 0.2) is 0 Å². The van der Waals surface area contributed by atoms with Gasteiger partial charge in [0.05, 0.1) is 22.4 Å². The van der Waals surface area contributed by atoms with Crippen LogP contribution in [0.1, 0.15) is 30.3 Å². The second kappa shape index (κ2) is 6.01. The van der Waals surface area contributed by atoms with Crippen LogP contribution in [-0.2, 0) is 6.54 Å². The van der Waals surface area contributed by atoms with Crippen LogP contribution in [0.25, 0.3) is 0 Å². The molecule has 6 heteroatoms. The number of piperidine rings is 1. The topological polar surface area (TPSA) is 46.8 Å². The maximum absolute atomic E-state index is 4.39. The summed E-state index contributed by atoms with van der Waals surface area (Å²) in [5.41, 5.74) is 2.14. The van der Waals surface area contributed by atoms with Gasteiger partial charge in [-0.3, -0.25) is 9.58 Å². The Morgan fingerprint density at radius 2 is 2.10 bits per heavy atom. The van der Waals surface area contributed by atoms with Crippen LogP contribution in [0.3, 0.4) is 0 Å². The molecule has 2 aromatic rings. The Hall–Kier alpha value is -1.27. The van der Waals surface area contributed by atoms with E-state index >= 15 is 0 Å². The van der Waals surface area contributed by atoms with Crippen molar-refractivity contribution in [2.24, 2.45) is 0 Å². The monoisotopic (exact) mass is 335 g/mol. The second-order valence-electron chi connectivity index (χ2n) is 5.30. The molecule has 0 N–H and O–H groups in total. The quantitative estimate of drug-likeness (QED) is 0.864. The highest BCUT2D eigenvalue weighted by Gasteiger charge is 2.21. The molecule has 0 bridgehead atoms. The third kappa shape index (κ3) is 3.24. The average molecular weight is 336 g/mol. The lowest BCUT2D eigenvalue weighted by molar-refractivity contribution is 0.171. The molecule has 0 aromatic carbocycles. The Kier molecular flexibility index (Phi) is 4.12. The Morgan fingerprint density at radius 3 is 2.75 bits per heavy atom. The molecule has 0 radical (unpaired) electrons. The molecule has 1 fully saturated rings. The second-order valence-corrected chi connectivity index (χ2v) is 6.21. The molecule has 20 heavy (non-hydrogen) atoms. The van der Waals surface area contributed by atoms with Crippen LogP contribution in [0.2, 0.25) is 0 Å². The molecule has 5 nitrogen and oxygen atoms in total. The Morgan fingerprint density at radius 1 is 1.30 bits per heavy atom. The zero-order chi connectivity index (χ0) is 13.9. The Labute approximate surface area is 127 Å². The number of nitrogens with zero attached hydrogens (tertiary/aromatic N) is 5. The number of hydrogen-bond acceptors (Lipinski definition) is 4. The molecule has 0 saturated carbocycles. The van der Waals surface area contributed by atoms with E-state index in [1.165, 1.54) is 0 Å². The van der Waals surface area contributed by atoms with Crippen LogP contribution < -0.4 is 0 Å². The number of rotatable bonds is 3. The summed E-state index contributed by atoms with van der Waals surface area (Å²) in [6, 6.07) is 2.58. The molecular weight excluding hydrogens is 318 g/mol. The standard InChI is InChI=1S/C14H18BrN5/c1-11-6-13(17-10-16-11)9-19-4-2-14(3-5-19)20-8-12(15)7-18-20/h6-8,10,14H,2-5,9H2,1H3. The minimum Gasteiger partial charge on any atom is -0.297 e. The molecular formula is C14H18BrN5. The fraction of sp³-hybridized carbons (Fsp3) is 0.500. The lowest BCUT2D eigenvalue weighted by Crippen LogP contribution is -2.34. The smallest absolute Gasteiger partial charge is 0.115 e. The van der Waals surface area contributed by atoms with E-state index in [0.717, 1.165) is 48.3 Å². The minimum atomic E-state index is 0.518. The van der Waals surface area contributed by atoms with Gasteiger partial charge in [0, 0.05) is 31.5 Å². The number of likely N-dealkylation sites (tertiary alicyclic amines) is 1. The lowest BCUT2D eigenvalue weighted by atomic mass is 10.1. The van der Waals surface area contributed by atoms with Gasteiger partial charge in [-0.2, -0.15) is 5.10 Å². The average Bonchev–Trinajstić information content (AvgIpc) is 2.86. The molecule has 0 atom stereocenters. The molecule has 2 aromatic heterocycles. The first-order valence-electron chi connectivity index (χ1n) is 6.90. The normalized spacial score (nSPS) is 17.5. The summed E-state index contributed by atoms with van der Waals surface area (Å²) in [5.74, 6) is 0. The summed E-state index contributed by atoms with van der Waals surface area (Å²) in [6.45, 7) is 5.10. The molecule has 1 saturated heterocycles. The van der Waals surface area contributed by atoms with Crippen LogP contribution in [0.5, 0.6) is 0 Å². The summed E-state index contributed by atoms with van der Waals surface area (Å²) in [6.07, 6.45) is 7.85. The van der Waals surface area contributed by atoms with Crippen molar-refractivity contribution in [1.29, 1.82) is 0 Å². The van der Waals surface area contributed by atoms with Crippen molar-refractivity contribution >= 4 is 15.9 Å². The highest BCUT2D eigenvalue weighted by Crippen LogP contribution is 2.24. The lowest BCUT2D eigenvalue weighted by Gasteiger charge is -2.31. The van der Waals surface area contributed by atoms with Crippen molar-refractivity contribution in [2.75, 3.05) is 13.1 Å². The molecule has 0 amide bonds. The van der Waals surface area contributed by atoms with Crippen LogP contribution in [-0.4, -0.2) is 37.7 Å². The highest BCUT2D eigenvalue weighted by molar-refractivity contribution is 9.10. The van der Waals surface area contributed by atoms with E-state index in [2.05, 4.69) is 52.8 Å². The molecule has 0 spiro atoms. The van der Waals surface area contributed by atoms with Gasteiger partial charge in [-0.1, -0.05) is 0 Å². The molecule has 3 heterocycles. The highest BCUT2D eigenvalue weighted by atomic mass is 79.9. The summed E-state index contributed by atoms with van der Waals surface area (Å²) < 4.78 is 3.13. The van der Waals surface area contributed by atoms with Crippen molar-refractivity contribution in [3.63, 3.8) is 0 Å². The van der Waals surface area contributed by atoms with Crippen molar-refractivity contribution in [1.82, 2.24) is 24.6 Å². The van der Waals surface area contributed by atoms with E-state index < -0.39 is 0 Å². The predicted molar refractivity (Wildman–Crippen MR) is 80.2 cm³/mol. The van der Waals surface area contributed by atoms with E-state index in [9.17, 15) is 0 Å². The third-order valence-electron chi connectivity index (χ3n) is 3.75. The molecule has 0 unspecified atom stereocenters. The van der Waals surface area contributed by atoms with E-state index in [0.29, 0.717) is 6.04 Å². The van der Waals surface area contributed by atoms with Crippen LogP contribution in [0, 0.1) is 6.92 Å². The van der Waals surface area contributed by atoms with Gasteiger partial charge < -0.3 is 0 Å². The van der Waals surface area contributed by atoms with Crippen LogP contribution in [0.15, 0.2) is 29.3 Å². The maximum atomic E-state index is 4.39. The van der Waals surface area contributed by atoms with Gasteiger partial charge in [0.25, 0.3) is 0 Å². The first-order chi connectivity index (χ1) is 9.70. The molecule has 1 aliphatic rings. The van der Waals surface area contributed by atoms with E-state index in [1.54, 1.807) is 6.33 Å². The third-order valence-corrected chi connectivity index (χ3v) is 4.16. The van der Waals surface area contributed by atoms with E-state index in [-0.39, 0.29) is 0 Å². The van der Waals surface area contributed by atoms with Gasteiger partial charge in [-0.05, 0) is 41.8 Å². The Balaban J connectivity index is 1.56. The molecule has 106 valence electrons. The maximum Gasteiger partial charge on any atom is 0.115 e. The van der Waals surface area contributed by atoms with Crippen molar-refractivity contribution < 1.29 is 0 Å². The van der Waals surface area contributed by atoms with E-state index in [4.69, 9.17) is 0 Å². The first kappa shape index (κ1) is 13.7. The van der Waals surface area contributed by atoms with Gasteiger partial charge >= 0.3 is 0 Å². The predicted octanol–water partition coefficient (Wildman–Crippen LogP) is 2.58. The van der Waals surface area contributed by atoms with Gasteiger partial charge in [0.2, 0.25) is 0 Å². The zero-order valence-corrected chi connectivity index (χ0v) is 13.1. The largest absolute Gasteiger partial charge is 0.297 e. The van der Waals surface area contributed by atoms with Crippen LogP contribution >= 0.6 is 15.9 Å². The van der Waals surface area contributed by atoms with Gasteiger partial charge in [0.1, 0.15) is 6.33 Å². The van der Waals surface area contributed by atoms with Crippen molar-refractivity contribution in [2.45, 2.75) is 32.4 Å². The van der Waals surface area contributed by atoms with E-state index in [1.807, 2.05) is 13.1 Å².